The Morgan fingerprint density at radius 2 is 2.47 bits per heavy atom. The Labute approximate surface area is 119 Å². The molecule has 1 aliphatic heterocycles. The molecule has 0 radical (unpaired) electrons. The molecule has 1 aliphatic rings. The van der Waals surface area contributed by atoms with Gasteiger partial charge in [-0.1, -0.05) is 0 Å². The highest BCUT2D eigenvalue weighted by atomic mass is 35.5. The highest BCUT2D eigenvalue weighted by Crippen LogP contribution is 2.33. The van der Waals surface area contributed by atoms with Crippen molar-refractivity contribution in [1.29, 1.82) is 0 Å². The third-order valence-electron chi connectivity index (χ3n) is 3.01. The van der Waals surface area contributed by atoms with E-state index in [0.29, 0.717) is 12.2 Å². The van der Waals surface area contributed by atoms with Gasteiger partial charge in [-0.2, -0.15) is 16.4 Å². The lowest BCUT2D eigenvalue weighted by Crippen LogP contribution is -2.27. The van der Waals surface area contributed by atoms with Gasteiger partial charge in [-0.3, -0.25) is 4.79 Å². The van der Waals surface area contributed by atoms with E-state index in [4.69, 9.17) is 16.0 Å². The van der Waals surface area contributed by atoms with Crippen molar-refractivity contribution in [3.63, 3.8) is 0 Å². The molecule has 3 rings (SSSR count). The predicted molar refractivity (Wildman–Crippen MR) is 74.5 cm³/mol. The van der Waals surface area contributed by atoms with Crippen molar-refractivity contribution in [3.05, 3.63) is 46.5 Å². The van der Waals surface area contributed by atoms with E-state index in [9.17, 15) is 4.79 Å². The van der Waals surface area contributed by atoms with Crippen LogP contribution in [0.5, 0.6) is 0 Å². The molecular weight excluding hydrogens is 284 g/mol. The van der Waals surface area contributed by atoms with Gasteiger partial charge in [0.25, 0.3) is 5.91 Å². The minimum Gasteiger partial charge on any atom is -0.463 e. The van der Waals surface area contributed by atoms with Crippen molar-refractivity contribution in [3.8, 4) is 0 Å². The molecule has 0 aliphatic carbocycles. The largest absolute Gasteiger partial charge is 0.463 e. The van der Waals surface area contributed by atoms with Gasteiger partial charge in [-0.15, -0.1) is 11.6 Å². The van der Waals surface area contributed by atoms with Gasteiger partial charge in [-0.05, 0) is 34.5 Å². The van der Waals surface area contributed by atoms with Gasteiger partial charge in [0.15, 0.2) is 0 Å². The van der Waals surface area contributed by atoms with Crippen LogP contribution >= 0.6 is 22.9 Å². The zero-order chi connectivity index (χ0) is 13.2. The zero-order valence-electron chi connectivity index (χ0n) is 9.95. The van der Waals surface area contributed by atoms with E-state index in [0.717, 1.165) is 11.3 Å². The van der Waals surface area contributed by atoms with Gasteiger partial charge in [0, 0.05) is 6.42 Å². The fourth-order valence-electron chi connectivity index (χ4n) is 2.12. The lowest BCUT2D eigenvalue weighted by atomic mass is 10.0. The molecule has 3 heterocycles. The fraction of sp³-hybridized carbons (Fsp3) is 0.231. The highest BCUT2D eigenvalue weighted by molar-refractivity contribution is 7.08. The van der Waals surface area contributed by atoms with Gasteiger partial charge >= 0.3 is 0 Å². The van der Waals surface area contributed by atoms with E-state index in [1.54, 1.807) is 17.6 Å². The van der Waals surface area contributed by atoms with Crippen LogP contribution in [0.15, 0.2) is 44.7 Å². The van der Waals surface area contributed by atoms with Crippen molar-refractivity contribution in [2.75, 3.05) is 5.88 Å². The first-order chi connectivity index (χ1) is 9.29. The van der Waals surface area contributed by atoms with Crippen LogP contribution in [-0.2, 0) is 4.79 Å². The van der Waals surface area contributed by atoms with Crippen molar-refractivity contribution < 1.29 is 9.21 Å². The third-order valence-corrected chi connectivity index (χ3v) is 3.94. The summed E-state index contributed by atoms with van der Waals surface area (Å²) < 4.78 is 5.35. The summed E-state index contributed by atoms with van der Waals surface area (Å²) in [4.78, 5) is 11.9. The molecule has 2 aromatic heterocycles. The molecule has 0 saturated heterocycles. The molecule has 19 heavy (non-hydrogen) atoms. The first-order valence-electron chi connectivity index (χ1n) is 5.81. The summed E-state index contributed by atoms with van der Waals surface area (Å²) >= 11 is 7.25. The Morgan fingerprint density at radius 1 is 1.58 bits per heavy atom. The van der Waals surface area contributed by atoms with E-state index in [-0.39, 0.29) is 17.8 Å². The second-order valence-corrected chi connectivity index (χ2v) is 5.22. The average Bonchev–Trinajstić information content (AvgIpc) is 3.14. The third kappa shape index (κ3) is 2.31. The second kappa shape index (κ2) is 5.19. The molecule has 6 heteroatoms. The van der Waals surface area contributed by atoms with Crippen LogP contribution in [0.1, 0.15) is 23.8 Å². The number of furan rings is 1. The van der Waals surface area contributed by atoms with Crippen molar-refractivity contribution in [1.82, 2.24) is 5.01 Å². The molecule has 4 nitrogen and oxygen atoms in total. The van der Waals surface area contributed by atoms with E-state index in [1.165, 1.54) is 5.01 Å². The molecule has 0 fully saturated rings. The molecule has 98 valence electrons. The number of rotatable bonds is 3. The van der Waals surface area contributed by atoms with Crippen LogP contribution < -0.4 is 0 Å². The normalized spacial score (nSPS) is 18.7. The lowest BCUT2D eigenvalue weighted by Gasteiger charge is -2.19. The highest BCUT2D eigenvalue weighted by Gasteiger charge is 2.33. The summed E-state index contributed by atoms with van der Waals surface area (Å²) in [6, 6.07) is 5.57. The van der Waals surface area contributed by atoms with Crippen LogP contribution in [-0.4, -0.2) is 22.5 Å². The number of alkyl halides is 1. The van der Waals surface area contributed by atoms with Gasteiger partial charge in [0.05, 0.1) is 12.3 Å². The van der Waals surface area contributed by atoms with Crippen LogP contribution in [0.4, 0.5) is 0 Å². The predicted octanol–water partition coefficient (Wildman–Crippen LogP) is 3.26. The first-order valence-corrected chi connectivity index (χ1v) is 7.29. The topological polar surface area (TPSA) is 45.8 Å². The molecule has 0 bridgehead atoms. The summed E-state index contributed by atoms with van der Waals surface area (Å²) in [5, 5.41) is 9.85. The average molecular weight is 295 g/mol. The molecule has 2 aromatic rings. The van der Waals surface area contributed by atoms with Crippen LogP contribution in [0.3, 0.4) is 0 Å². The molecule has 0 aromatic carbocycles. The molecule has 1 amide bonds. The number of hydrogen-bond donors (Lipinski definition) is 0. The maximum Gasteiger partial charge on any atom is 0.258 e. The summed E-state index contributed by atoms with van der Waals surface area (Å²) in [6.45, 7) is 0. The Bertz CT molecular complexity index is 592. The van der Waals surface area contributed by atoms with Gasteiger partial charge in [0.1, 0.15) is 17.4 Å². The number of nitrogens with zero attached hydrogens (tertiary/aromatic N) is 2. The Kier molecular flexibility index (Phi) is 3.40. The summed E-state index contributed by atoms with van der Waals surface area (Å²) in [6.07, 6.45) is 2.25. The SMILES string of the molecule is O=C(CCl)N1N=C(c2ccco2)C[C@@H]1c1ccsc1. The minimum atomic E-state index is -0.195. The Morgan fingerprint density at radius 3 is 3.11 bits per heavy atom. The van der Waals surface area contributed by atoms with Crippen LogP contribution in [0.25, 0.3) is 0 Å². The monoisotopic (exact) mass is 294 g/mol. The van der Waals surface area contributed by atoms with Gasteiger partial charge < -0.3 is 4.42 Å². The zero-order valence-corrected chi connectivity index (χ0v) is 11.5. The number of amides is 1. The van der Waals surface area contributed by atoms with Crippen LogP contribution in [0, 0.1) is 0 Å². The number of thiophene rings is 1. The minimum absolute atomic E-state index is 0.0738. The van der Waals surface area contributed by atoms with Crippen LogP contribution in [0.2, 0.25) is 0 Å². The van der Waals surface area contributed by atoms with Crippen molar-refractivity contribution in [2.45, 2.75) is 12.5 Å². The maximum atomic E-state index is 11.9. The van der Waals surface area contributed by atoms with Gasteiger partial charge in [0.2, 0.25) is 0 Å². The Hall–Kier alpha value is -1.59. The maximum absolute atomic E-state index is 11.9. The van der Waals surface area contributed by atoms with Crippen molar-refractivity contribution >= 4 is 34.6 Å². The van der Waals surface area contributed by atoms with E-state index < -0.39 is 0 Å². The number of carbonyl (C=O) groups is 1. The molecule has 0 spiro atoms. The van der Waals surface area contributed by atoms with E-state index in [1.807, 2.05) is 29.0 Å². The standard InChI is InChI=1S/C13H11ClN2O2S/c14-7-13(17)16-11(9-3-5-19-8-9)6-10(15-16)12-2-1-4-18-12/h1-5,8,11H,6-7H2/t11-/m1/s1. The quantitative estimate of drug-likeness (QED) is 0.816. The second-order valence-electron chi connectivity index (χ2n) is 4.17. The van der Waals surface area contributed by atoms with Crippen molar-refractivity contribution in [2.24, 2.45) is 5.10 Å². The number of hydrogen-bond acceptors (Lipinski definition) is 4. The number of carbonyl (C=O) groups excluding carboxylic acids is 1. The number of hydrazone groups is 1. The number of halogens is 1. The molecule has 0 unspecified atom stereocenters. The first kappa shape index (κ1) is 12.4. The summed E-state index contributed by atoms with van der Waals surface area (Å²) in [5.41, 5.74) is 1.86. The molecule has 0 N–H and O–H groups in total. The smallest absolute Gasteiger partial charge is 0.258 e. The van der Waals surface area contributed by atoms with E-state index >= 15 is 0 Å². The Balaban J connectivity index is 1.93. The molecular formula is C13H11ClN2O2S. The summed E-state index contributed by atoms with van der Waals surface area (Å²) in [5.74, 6) is 0.430. The fourth-order valence-corrected chi connectivity index (χ4v) is 2.95. The summed E-state index contributed by atoms with van der Waals surface area (Å²) in [7, 11) is 0. The lowest BCUT2D eigenvalue weighted by molar-refractivity contribution is -0.130. The molecule has 1 atom stereocenters. The van der Waals surface area contributed by atoms with Gasteiger partial charge in [-0.25, -0.2) is 5.01 Å². The van der Waals surface area contributed by atoms with E-state index in [2.05, 4.69) is 5.10 Å². The molecule has 0 saturated carbocycles.